The topological polar surface area (TPSA) is 57.5 Å². The highest BCUT2D eigenvalue weighted by atomic mass is 127. The molecule has 0 saturated heterocycles. The van der Waals surface area contributed by atoms with Gasteiger partial charge in [0.15, 0.2) is 11.6 Å². The van der Waals surface area contributed by atoms with Crippen LogP contribution < -0.4 is 0 Å². The third-order valence-electron chi connectivity index (χ3n) is 3.51. The summed E-state index contributed by atoms with van der Waals surface area (Å²) < 4.78 is 14.5. The van der Waals surface area contributed by atoms with Crippen molar-refractivity contribution in [1.29, 1.82) is 0 Å². The summed E-state index contributed by atoms with van der Waals surface area (Å²) in [6, 6.07) is 3.22. The number of phenolic OH excluding ortho intramolecular Hbond substituents is 1. The number of benzene rings is 1. The molecule has 0 aromatic heterocycles. The first-order chi connectivity index (χ1) is 8.43. The van der Waals surface area contributed by atoms with Gasteiger partial charge in [0.05, 0.1) is 9.49 Å². The highest BCUT2D eigenvalue weighted by molar-refractivity contribution is 14.1. The quantitative estimate of drug-likeness (QED) is 0.806. The highest BCUT2D eigenvalue weighted by Gasteiger charge is 2.40. The number of halogens is 2. The lowest BCUT2D eigenvalue weighted by molar-refractivity contribution is -0.142. The second-order valence-corrected chi connectivity index (χ2v) is 5.95. The number of rotatable bonds is 4. The third kappa shape index (κ3) is 2.46. The van der Waals surface area contributed by atoms with E-state index in [0.29, 0.717) is 9.13 Å². The molecule has 0 amide bonds. The molecule has 1 aromatic carbocycles. The van der Waals surface area contributed by atoms with Crippen molar-refractivity contribution >= 4 is 28.6 Å². The summed E-state index contributed by atoms with van der Waals surface area (Å²) in [5.41, 5.74) is 0.324. The molecule has 2 rings (SSSR count). The summed E-state index contributed by atoms with van der Waals surface area (Å²) in [7, 11) is 0. The van der Waals surface area contributed by atoms with Gasteiger partial charge in [-0.1, -0.05) is 13.0 Å². The number of hydrogen-bond acceptors (Lipinski definition) is 2. The SMILES string of the molecule is CC(C(=O)O)C(c1ccc(I)c(O)c1F)C1CC1. The van der Waals surface area contributed by atoms with Gasteiger partial charge < -0.3 is 10.2 Å². The average Bonchev–Trinajstić information content (AvgIpc) is 3.13. The summed E-state index contributed by atoms with van der Waals surface area (Å²) in [6.45, 7) is 1.60. The predicted molar refractivity (Wildman–Crippen MR) is 73.0 cm³/mol. The monoisotopic (exact) mass is 364 g/mol. The molecule has 1 saturated carbocycles. The van der Waals surface area contributed by atoms with Crippen molar-refractivity contribution < 1.29 is 19.4 Å². The lowest BCUT2D eigenvalue weighted by Gasteiger charge is -2.22. The largest absolute Gasteiger partial charge is 0.504 e. The molecule has 18 heavy (non-hydrogen) atoms. The van der Waals surface area contributed by atoms with Crippen LogP contribution in [0.15, 0.2) is 12.1 Å². The second kappa shape index (κ2) is 5.03. The lowest BCUT2D eigenvalue weighted by Crippen LogP contribution is -2.21. The van der Waals surface area contributed by atoms with E-state index in [1.807, 2.05) is 22.6 Å². The van der Waals surface area contributed by atoms with Crippen LogP contribution in [-0.2, 0) is 4.79 Å². The van der Waals surface area contributed by atoms with E-state index < -0.39 is 17.7 Å². The van der Waals surface area contributed by atoms with Crippen LogP contribution in [0.25, 0.3) is 0 Å². The van der Waals surface area contributed by atoms with E-state index in [4.69, 9.17) is 5.11 Å². The van der Waals surface area contributed by atoms with Crippen LogP contribution >= 0.6 is 22.6 Å². The Morgan fingerprint density at radius 2 is 2.11 bits per heavy atom. The fourth-order valence-corrected chi connectivity index (χ4v) is 2.77. The molecule has 3 nitrogen and oxygen atoms in total. The van der Waals surface area contributed by atoms with Crippen molar-refractivity contribution in [2.45, 2.75) is 25.7 Å². The first-order valence-corrected chi connectivity index (χ1v) is 6.91. The standard InChI is InChI=1S/C13H14FIO3/c1-6(13(17)18)10(7-2-3-7)8-4-5-9(15)12(16)11(8)14/h4-7,10,16H,2-3H2,1H3,(H,17,18). The van der Waals surface area contributed by atoms with Crippen LogP contribution in [0.5, 0.6) is 5.75 Å². The Kier molecular flexibility index (Phi) is 3.79. The van der Waals surface area contributed by atoms with E-state index in [-0.39, 0.29) is 17.6 Å². The first kappa shape index (κ1) is 13.6. The molecule has 1 aliphatic carbocycles. The van der Waals surface area contributed by atoms with Crippen molar-refractivity contribution in [3.8, 4) is 5.75 Å². The Hall–Kier alpha value is -0.850. The molecular weight excluding hydrogens is 350 g/mol. The Morgan fingerprint density at radius 1 is 1.50 bits per heavy atom. The van der Waals surface area contributed by atoms with Gasteiger partial charge in [-0.2, -0.15) is 0 Å². The third-order valence-corrected chi connectivity index (χ3v) is 4.38. The van der Waals surface area contributed by atoms with Gasteiger partial charge >= 0.3 is 5.97 Å². The molecule has 0 spiro atoms. The highest BCUT2D eigenvalue weighted by Crippen LogP contribution is 2.48. The Bertz CT molecular complexity index is 485. The molecule has 1 aromatic rings. The summed E-state index contributed by atoms with van der Waals surface area (Å²) in [6.07, 6.45) is 1.85. The Labute approximate surface area is 118 Å². The summed E-state index contributed by atoms with van der Waals surface area (Å²) in [5.74, 6) is -2.77. The van der Waals surface area contributed by atoms with E-state index >= 15 is 0 Å². The molecule has 1 aliphatic rings. The van der Waals surface area contributed by atoms with E-state index in [1.54, 1.807) is 19.1 Å². The number of hydrogen-bond donors (Lipinski definition) is 2. The minimum absolute atomic E-state index is 0.213. The van der Waals surface area contributed by atoms with E-state index in [1.165, 1.54) is 0 Å². The lowest BCUT2D eigenvalue weighted by atomic mass is 9.83. The Morgan fingerprint density at radius 3 is 2.61 bits per heavy atom. The molecule has 1 fully saturated rings. The van der Waals surface area contributed by atoms with Crippen LogP contribution in [0.4, 0.5) is 4.39 Å². The molecule has 2 atom stereocenters. The summed E-state index contributed by atoms with van der Waals surface area (Å²) >= 11 is 1.85. The van der Waals surface area contributed by atoms with E-state index in [2.05, 4.69) is 0 Å². The van der Waals surface area contributed by atoms with Crippen LogP contribution in [0.1, 0.15) is 31.2 Å². The van der Waals surface area contributed by atoms with Gasteiger partial charge in [-0.25, -0.2) is 4.39 Å². The number of phenols is 1. The molecule has 0 bridgehead atoms. The number of aromatic hydroxyl groups is 1. The predicted octanol–water partition coefficient (Wildman–Crippen LogP) is 3.35. The second-order valence-electron chi connectivity index (χ2n) is 4.79. The van der Waals surface area contributed by atoms with E-state index in [0.717, 1.165) is 12.8 Å². The van der Waals surface area contributed by atoms with Crippen molar-refractivity contribution in [3.05, 3.63) is 27.1 Å². The van der Waals surface area contributed by atoms with Gasteiger partial charge in [0.25, 0.3) is 0 Å². The van der Waals surface area contributed by atoms with Crippen molar-refractivity contribution in [3.63, 3.8) is 0 Å². The van der Waals surface area contributed by atoms with Crippen molar-refractivity contribution in [2.75, 3.05) is 0 Å². The average molecular weight is 364 g/mol. The zero-order valence-corrected chi connectivity index (χ0v) is 12.0. The van der Waals surface area contributed by atoms with Crippen LogP contribution in [0.2, 0.25) is 0 Å². The minimum Gasteiger partial charge on any atom is -0.504 e. The zero-order chi connectivity index (χ0) is 13.4. The molecule has 0 radical (unpaired) electrons. The maximum Gasteiger partial charge on any atom is 0.306 e. The smallest absolute Gasteiger partial charge is 0.306 e. The molecule has 98 valence electrons. The number of carbonyl (C=O) groups is 1. The van der Waals surface area contributed by atoms with Gasteiger partial charge in [-0.3, -0.25) is 4.79 Å². The minimum atomic E-state index is -0.927. The number of carboxylic acid groups (broad SMARTS) is 1. The zero-order valence-electron chi connectivity index (χ0n) is 9.86. The molecule has 2 unspecified atom stereocenters. The van der Waals surface area contributed by atoms with Gasteiger partial charge in [-0.15, -0.1) is 0 Å². The van der Waals surface area contributed by atoms with Crippen LogP contribution in [-0.4, -0.2) is 16.2 Å². The molecule has 5 heteroatoms. The van der Waals surface area contributed by atoms with Gasteiger partial charge in [0.2, 0.25) is 0 Å². The summed E-state index contributed by atoms with van der Waals surface area (Å²) in [4.78, 5) is 11.1. The van der Waals surface area contributed by atoms with Gasteiger partial charge in [0.1, 0.15) is 0 Å². The fourth-order valence-electron chi connectivity index (χ4n) is 2.35. The van der Waals surface area contributed by atoms with Gasteiger partial charge in [0, 0.05) is 5.92 Å². The molecule has 0 aliphatic heterocycles. The van der Waals surface area contributed by atoms with Crippen molar-refractivity contribution in [2.24, 2.45) is 11.8 Å². The van der Waals surface area contributed by atoms with Crippen molar-refractivity contribution in [1.82, 2.24) is 0 Å². The molecular formula is C13H14FIO3. The summed E-state index contributed by atoms with van der Waals surface area (Å²) in [5, 5.41) is 18.7. The Balaban J connectivity index is 2.43. The van der Waals surface area contributed by atoms with Crippen LogP contribution in [0, 0.1) is 21.2 Å². The van der Waals surface area contributed by atoms with Gasteiger partial charge in [-0.05, 0) is 53.0 Å². The first-order valence-electron chi connectivity index (χ1n) is 5.83. The van der Waals surface area contributed by atoms with E-state index in [9.17, 15) is 14.3 Å². The molecule has 2 N–H and O–H groups in total. The number of carboxylic acids is 1. The maximum atomic E-state index is 14.1. The fraction of sp³-hybridized carbons (Fsp3) is 0.462. The number of aliphatic carboxylic acids is 1. The maximum absolute atomic E-state index is 14.1. The molecule has 0 heterocycles. The van der Waals surface area contributed by atoms with Crippen LogP contribution in [0.3, 0.4) is 0 Å². The normalized spacial score (nSPS) is 18.4.